The Hall–Kier alpha value is -1.59. The number of ketones is 1. The van der Waals surface area contributed by atoms with Crippen molar-refractivity contribution < 1.29 is 14.7 Å². The highest BCUT2D eigenvalue weighted by atomic mass is 35.5. The Bertz CT molecular complexity index is 820. The van der Waals surface area contributed by atoms with Gasteiger partial charge >= 0.3 is 0 Å². The lowest BCUT2D eigenvalue weighted by molar-refractivity contribution is -0.133. The number of aliphatic hydroxyl groups is 1. The van der Waals surface area contributed by atoms with E-state index in [4.69, 9.17) is 34.8 Å². The molecular formula is C16H10Cl3NO3. The zero-order chi connectivity index (χ0) is 16.8. The van der Waals surface area contributed by atoms with Gasteiger partial charge in [-0.15, -0.1) is 0 Å². The number of carbonyl (C=O) groups excluding carboxylic acids is 2. The van der Waals surface area contributed by atoms with Crippen LogP contribution in [0, 0.1) is 0 Å². The average molecular weight is 371 g/mol. The van der Waals surface area contributed by atoms with Gasteiger partial charge < -0.3 is 10.4 Å². The van der Waals surface area contributed by atoms with Crippen LogP contribution in [0.2, 0.25) is 15.1 Å². The van der Waals surface area contributed by atoms with Crippen LogP contribution in [0.15, 0.2) is 36.4 Å². The van der Waals surface area contributed by atoms with Crippen LogP contribution in [0.5, 0.6) is 0 Å². The first-order valence-electron chi connectivity index (χ1n) is 6.64. The van der Waals surface area contributed by atoms with E-state index < -0.39 is 23.7 Å². The molecule has 7 heteroatoms. The summed E-state index contributed by atoms with van der Waals surface area (Å²) in [6.07, 6.45) is -0.451. The maximum Gasteiger partial charge on any atom is 0.261 e. The molecule has 1 atom stereocenters. The van der Waals surface area contributed by atoms with Crippen LogP contribution in [-0.4, -0.2) is 16.8 Å². The van der Waals surface area contributed by atoms with Gasteiger partial charge in [-0.3, -0.25) is 9.59 Å². The maximum atomic E-state index is 12.4. The molecule has 1 amide bonds. The summed E-state index contributed by atoms with van der Waals surface area (Å²) in [6.45, 7) is 0. The van der Waals surface area contributed by atoms with Crippen molar-refractivity contribution in [3.8, 4) is 0 Å². The zero-order valence-electron chi connectivity index (χ0n) is 11.6. The zero-order valence-corrected chi connectivity index (χ0v) is 13.8. The number of fused-ring (bicyclic) bond motifs is 1. The minimum absolute atomic E-state index is 0.124. The predicted octanol–water partition coefficient (Wildman–Crippen LogP) is 4.06. The molecule has 0 fully saturated rings. The van der Waals surface area contributed by atoms with Crippen molar-refractivity contribution in [1.82, 2.24) is 0 Å². The summed E-state index contributed by atoms with van der Waals surface area (Å²) >= 11 is 17.9. The molecule has 2 N–H and O–H groups in total. The molecule has 23 heavy (non-hydrogen) atoms. The number of carbonyl (C=O) groups is 2. The lowest BCUT2D eigenvalue weighted by Crippen LogP contribution is -2.36. The Morgan fingerprint density at radius 2 is 1.65 bits per heavy atom. The highest BCUT2D eigenvalue weighted by Crippen LogP contribution is 2.46. The van der Waals surface area contributed by atoms with Crippen molar-refractivity contribution in [1.29, 1.82) is 0 Å². The molecule has 1 aliphatic rings. The second-order valence-electron chi connectivity index (χ2n) is 5.20. The number of Topliss-reactive ketones (excluding diaryl/α,β-unsaturated/α-hetero) is 1. The number of benzene rings is 2. The van der Waals surface area contributed by atoms with Crippen molar-refractivity contribution in [2.75, 3.05) is 5.32 Å². The topological polar surface area (TPSA) is 66.4 Å². The van der Waals surface area contributed by atoms with Gasteiger partial charge in [-0.25, -0.2) is 0 Å². The van der Waals surface area contributed by atoms with Gasteiger partial charge in [0, 0.05) is 21.2 Å². The molecule has 0 aromatic heterocycles. The third kappa shape index (κ3) is 2.72. The SMILES string of the molecule is O=C(CC1(O)C(=O)Nc2c(Cl)ccc(Cl)c21)c1ccc(Cl)cc1. The van der Waals surface area contributed by atoms with Crippen LogP contribution in [0.3, 0.4) is 0 Å². The Kier molecular flexibility index (Phi) is 4.10. The summed E-state index contributed by atoms with van der Waals surface area (Å²) in [5.74, 6) is -1.15. The lowest BCUT2D eigenvalue weighted by atomic mass is 9.88. The second kappa shape index (κ2) is 5.80. The fourth-order valence-electron chi connectivity index (χ4n) is 2.55. The Labute approximate surface area is 147 Å². The van der Waals surface area contributed by atoms with E-state index in [-0.39, 0.29) is 21.3 Å². The Morgan fingerprint density at radius 3 is 2.30 bits per heavy atom. The van der Waals surface area contributed by atoms with Gasteiger partial charge in [0.1, 0.15) is 0 Å². The third-order valence-electron chi connectivity index (χ3n) is 3.71. The molecule has 0 radical (unpaired) electrons. The van der Waals surface area contributed by atoms with Gasteiger partial charge in [-0.1, -0.05) is 34.8 Å². The molecule has 0 saturated heterocycles. The molecule has 0 spiro atoms. The summed E-state index contributed by atoms with van der Waals surface area (Å²) in [4.78, 5) is 24.6. The molecule has 0 aliphatic carbocycles. The normalized spacial score (nSPS) is 19.4. The molecule has 1 aliphatic heterocycles. The number of hydrogen-bond donors (Lipinski definition) is 2. The molecule has 118 valence electrons. The van der Waals surface area contributed by atoms with Crippen molar-refractivity contribution in [3.63, 3.8) is 0 Å². The van der Waals surface area contributed by atoms with E-state index in [1.54, 1.807) is 12.1 Å². The summed E-state index contributed by atoms with van der Waals surface area (Å²) in [5, 5.41) is 14.2. The van der Waals surface area contributed by atoms with Crippen LogP contribution in [0.1, 0.15) is 22.3 Å². The van der Waals surface area contributed by atoms with E-state index in [9.17, 15) is 14.7 Å². The van der Waals surface area contributed by atoms with Crippen LogP contribution in [-0.2, 0) is 10.4 Å². The van der Waals surface area contributed by atoms with Crippen LogP contribution >= 0.6 is 34.8 Å². The lowest BCUT2D eigenvalue weighted by Gasteiger charge is -2.21. The average Bonchev–Trinajstić information content (AvgIpc) is 2.77. The summed E-state index contributed by atoms with van der Waals surface area (Å²) in [5.41, 5.74) is -1.37. The summed E-state index contributed by atoms with van der Waals surface area (Å²) in [7, 11) is 0. The van der Waals surface area contributed by atoms with Crippen molar-refractivity contribution in [2.45, 2.75) is 12.0 Å². The van der Waals surface area contributed by atoms with Gasteiger partial charge in [0.15, 0.2) is 11.4 Å². The summed E-state index contributed by atoms with van der Waals surface area (Å²) in [6, 6.07) is 9.16. The molecule has 2 aromatic rings. The van der Waals surface area contributed by atoms with Crippen molar-refractivity contribution in [2.24, 2.45) is 0 Å². The molecule has 0 bridgehead atoms. The first-order valence-corrected chi connectivity index (χ1v) is 7.77. The number of amides is 1. The van der Waals surface area contributed by atoms with E-state index in [1.165, 1.54) is 24.3 Å². The van der Waals surface area contributed by atoms with Crippen molar-refractivity contribution >= 4 is 52.2 Å². The number of anilines is 1. The van der Waals surface area contributed by atoms with E-state index in [0.717, 1.165) is 0 Å². The van der Waals surface area contributed by atoms with Crippen LogP contribution in [0.4, 0.5) is 5.69 Å². The number of nitrogens with one attached hydrogen (secondary N) is 1. The van der Waals surface area contributed by atoms with Crippen molar-refractivity contribution in [3.05, 3.63) is 62.6 Å². The standard InChI is InChI=1S/C16H10Cl3NO3/c17-9-3-1-8(2-4-9)12(21)7-16(23)13-10(18)5-6-11(19)14(13)20-15(16)22/h1-6,23H,7H2,(H,20,22). The molecule has 4 nitrogen and oxygen atoms in total. The minimum atomic E-state index is -2.06. The Morgan fingerprint density at radius 1 is 1.04 bits per heavy atom. The van der Waals surface area contributed by atoms with E-state index in [2.05, 4.69) is 5.32 Å². The smallest absolute Gasteiger partial charge is 0.261 e. The molecule has 1 heterocycles. The third-order valence-corrected chi connectivity index (χ3v) is 4.60. The fraction of sp³-hybridized carbons (Fsp3) is 0.125. The quantitative estimate of drug-likeness (QED) is 0.801. The largest absolute Gasteiger partial charge is 0.375 e. The summed E-state index contributed by atoms with van der Waals surface area (Å²) < 4.78 is 0. The number of rotatable bonds is 3. The minimum Gasteiger partial charge on any atom is -0.375 e. The van der Waals surface area contributed by atoms with Gasteiger partial charge in [-0.05, 0) is 36.4 Å². The molecule has 1 unspecified atom stereocenters. The number of halogens is 3. The molecule has 3 rings (SSSR count). The highest BCUT2D eigenvalue weighted by Gasteiger charge is 2.49. The van der Waals surface area contributed by atoms with E-state index >= 15 is 0 Å². The van der Waals surface area contributed by atoms with E-state index in [0.29, 0.717) is 10.6 Å². The number of hydrogen-bond acceptors (Lipinski definition) is 3. The van der Waals surface area contributed by atoms with Crippen LogP contribution in [0.25, 0.3) is 0 Å². The first kappa shape index (κ1) is 16.3. The molecule has 2 aromatic carbocycles. The first-order chi connectivity index (χ1) is 10.8. The second-order valence-corrected chi connectivity index (χ2v) is 6.45. The predicted molar refractivity (Wildman–Crippen MR) is 89.4 cm³/mol. The van der Waals surface area contributed by atoms with E-state index in [1.807, 2.05) is 0 Å². The fourth-order valence-corrected chi connectivity index (χ4v) is 3.19. The van der Waals surface area contributed by atoms with Gasteiger partial charge in [0.25, 0.3) is 5.91 Å². The maximum absolute atomic E-state index is 12.4. The molecule has 0 saturated carbocycles. The van der Waals surface area contributed by atoms with Crippen LogP contribution < -0.4 is 5.32 Å². The van der Waals surface area contributed by atoms with Gasteiger partial charge in [0.05, 0.1) is 17.1 Å². The monoisotopic (exact) mass is 369 g/mol. The molecular weight excluding hydrogens is 361 g/mol. The Balaban J connectivity index is 2.00. The van der Waals surface area contributed by atoms with Gasteiger partial charge in [0.2, 0.25) is 0 Å². The van der Waals surface area contributed by atoms with Gasteiger partial charge in [-0.2, -0.15) is 0 Å². The highest BCUT2D eigenvalue weighted by molar-refractivity contribution is 6.38.